The summed E-state index contributed by atoms with van der Waals surface area (Å²) in [5.74, 6) is -0.325. The van der Waals surface area contributed by atoms with Gasteiger partial charge in [-0.3, -0.25) is 9.59 Å². The monoisotopic (exact) mass is 311 g/mol. The van der Waals surface area contributed by atoms with Crippen LogP contribution in [-0.2, 0) is 4.79 Å². The Hall–Kier alpha value is -2.53. The number of thiophene rings is 1. The van der Waals surface area contributed by atoms with Gasteiger partial charge in [0.2, 0.25) is 5.78 Å². The molecule has 0 radical (unpaired) electrons. The molecule has 0 atom stereocenters. The number of ether oxygens (including phenoxy) is 1. The molecule has 3 rings (SSSR count). The van der Waals surface area contributed by atoms with E-state index < -0.39 is 5.97 Å². The Bertz CT molecular complexity index is 868. The SMILES string of the molecule is CC(=O)Oc1c(C(=O)c2ccccc2)sc2nc(C)ccc12. The fourth-order valence-corrected chi connectivity index (χ4v) is 3.27. The Morgan fingerprint density at radius 3 is 2.50 bits per heavy atom. The first-order valence-corrected chi connectivity index (χ1v) is 7.56. The second kappa shape index (κ2) is 5.69. The van der Waals surface area contributed by atoms with Crippen molar-refractivity contribution in [3.8, 4) is 5.75 Å². The lowest BCUT2D eigenvalue weighted by atomic mass is 10.1. The van der Waals surface area contributed by atoms with Crippen LogP contribution >= 0.6 is 11.3 Å². The largest absolute Gasteiger partial charge is 0.424 e. The minimum absolute atomic E-state index is 0.169. The minimum atomic E-state index is -0.456. The summed E-state index contributed by atoms with van der Waals surface area (Å²) in [7, 11) is 0. The molecule has 2 aromatic heterocycles. The third kappa shape index (κ3) is 2.63. The number of aryl methyl sites for hydroxylation is 1. The summed E-state index contributed by atoms with van der Waals surface area (Å²) in [5, 5.41) is 0.685. The van der Waals surface area contributed by atoms with Gasteiger partial charge >= 0.3 is 5.97 Å². The number of benzene rings is 1. The van der Waals surface area contributed by atoms with E-state index in [2.05, 4.69) is 4.98 Å². The van der Waals surface area contributed by atoms with Crippen molar-refractivity contribution in [3.05, 3.63) is 58.6 Å². The molecule has 0 saturated heterocycles. The van der Waals surface area contributed by atoms with E-state index in [4.69, 9.17) is 4.74 Å². The van der Waals surface area contributed by atoms with Crippen molar-refractivity contribution in [2.45, 2.75) is 13.8 Å². The molecule has 4 nitrogen and oxygen atoms in total. The molecule has 5 heteroatoms. The van der Waals surface area contributed by atoms with E-state index in [9.17, 15) is 9.59 Å². The molecule has 0 aliphatic carbocycles. The molecule has 3 aromatic rings. The first kappa shape index (κ1) is 14.4. The number of ketones is 1. The van der Waals surface area contributed by atoms with Gasteiger partial charge in [-0.2, -0.15) is 0 Å². The Labute approximate surface area is 131 Å². The molecule has 22 heavy (non-hydrogen) atoms. The van der Waals surface area contributed by atoms with Gasteiger partial charge in [0.1, 0.15) is 9.71 Å². The summed E-state index contributed by atoms with van der Waals surface area (Å²) in [4.78, 5) is 29.6. The molecule has 0 unspecified atom stereocenters. The van der Waals surface area contributed by atoms with Crippen molar-refractivity contribution in [1.82, 2.24) is 4.98 Å². The van der Waals surface area contributed by atoms with E-state index in [0.29, 0.717) is 26.4 Å². The average Bonchev–Trinajstić information content (AvgIpc) is 2.84. The lowest BCUT2D eigenvalue weighted by Crippen LogP contribution is -2.06. The number of aromatic nitrogens is 1. The van der Waals surface area contributed by atoms with E-state index >= 15 is 0 Å². The molecule has 0 spiro atoms. The summed E-state index contributed by atoms with van der Waals surface area (Å²) in [6.45, 7) is 3.20. The molecule has 0 bridgehead atoms. The number of nitrogens with zero attached hydrogens (tertiary/aromatic N) is 1. The Kier molecular flexibility index (Phi) is 3.73. The maximum absolute atomic E-state index is 12.7. The summed E-state index contributed by atoms with van der Waals surface area (Å²) in [6.07, 6.45) is 0. The number of pyridine rings is 1. The lowest BCUT2D eigenvalue weighted by Gasteiger charge is -2.03. The first-order valence-electron chi connectivity index (χ1n) is 6.74. The third-order valence-corrected chi connectivity index (χ3v) is 4.22. The van der Waals surface area contributed by atoms with Crippen LogP contribution in [0, 0.1) is 6.92 Å². The molecular formula is C17H13NO3S. The Morgan fingerprint density at radius 2 is 1.82 bits per heavy atom. The minimum Gasteiger partial charge on any atom is -0.424 e. The molecule has 0 amide bonds. The highest BCUT2D eigenvalue weighted by Crippen LogP contribution is 2.38. The molecule has 0 aliphatic rings. The van der Waals surface area contributed by atoms with E-state index in [1.54, 1.807) is 24.3 Å². The van der Waals surface area contributed by atoms with E-state index in [1.165, 1.54) is 18.3 Å². The standard InChI is InChI=1S/C17H13NO3S/c1-10-8-9-13-15(21-11(2)19)16(22-17(13)18-10)14(20)12-6-4-3-5-7-12/h3-9H,1-2H3. The normalized spacial score (nSPS) is 10.6. The van der Waals surface area contributed by atoms with Gasteiger partial charge < -0.3 is 4.74 Å². The predicted molar refractivity (Wildman–Crippen MR) is 85.5 cm³/mol. The summed E-state index contributed by atoms with van der Waals surface area (Å²) in [6, 6.07) is 12.6. The molecule has 110 valence electrons. The average molecular weight is 311 g/mol. The van der Waals surface area contributed by atoms with Gasteiger partial charge in [0.05, 0.1) is 5.39 Å². The number of hydrogen-bond donors (Lipinski definition) is 0. The first-order chi connectivity index (χ1) is 10.6. The van der Waals surface area contributed by atoms with Crippen LogP contribution in [0.2, 0.25) is 0 Å². The van der Waals surface area contributed by atoms with Gasteiger partial charge in [-0.05, 0) is 19.1 Å². The van der Waals surface area contributed by atoms with E-state index in [1.807, 2.05) is 25.1 Å². The zero-order valence-corrected chi connectivity index (χ0v) is 12.9. The van der Waals surface area contributed by atoms with Gasteiger partial charge in [0.15, 0.2) is 5.75 Å². The van der Waals surface area contributed by atoms with Crippen molar-refractivity contribution < 1.29 is 14.3 Å². The van der Waals surface area contributed by atoms with Crippen molar-refractivity contribution in [2.24, 2.45) is 0 Å². The summed E-state index contributed by atoms with van der Waals surface area (Å²) >= 11 is 1.25. The van der Waals surface area contributed by atoms with Gasteiger partial charge in [0, 0.05) is 18.2 Å². The summed E-state index contributed by atoms with van der Waals surface area (Å²) < 4.78 is 5.29. The van der Waals surface area contributed by atoms with Gasteiger partial charge in [-0.15, -0.1) is 11.3 Å². The topological polar surface area (TPSA) is 56.3 Å². The number of esters is 1. The summed E-state index contributed by atoms with van der Waals surface area (Å²) in [5.41, 5.74) is 1.40. The van der Waals surface area contributed by atoms with Crippen LogP contribution in [0.4, 0.5) is 0 Å². The number of hydrogen-bond acceptors (Lipinski definition) is 5. The zero-order chi connectivity index (χ0) is 15.7. The van der Waals surface area contributed by atoms with E-state index in [0.717, 1.165) is 5.69 Å². The highest BCUT2D eigenvalue weighted by molar-refractivity contribution is 7.21. The second-order valence-corrected chi connectivity index (χ2v) is 5.85. The molecule has 0 fully saturated rings. The van der Waals surface area contributed by atoms with Crippen LogP contribution in [0.5, 0.6) is 5.75 Å². The van der Waals surface area contributed by atoms with Gasteiger partial charge in [-0.1, -0.05) is 30.3 Å². The molecular weight excluding hydrogens is 298 g/mol. The van der Waals surface area contributed by atoms with Crippen LogP contribution in [0.1, 0.15) is 27.9 Å². The third-order valence-electron chi connectivity index (χ3n) is 3.14. The zero-order valence-electron chi connectivity index (χ0n) is 12.1. The maximum Gasteiger partial charge on any atom is 0.308 e. The fraction of sp³-hybridized carbons (Fsp3) is 0.118. The predicted octanol–water partition coefficient (Wildman–Crippen LogP) is 3.76. The lowest BCUT2D eigenvalue weighted by molar-refractivity contribution is -0.131. The van der Waals surface area contributed by atoms with Crippen LogP contribution < -0.4 is 4.74 Å². The van der Waals surface area contributed by atoms with Crippen molar-refractivity contribution in [2.75, 3.05) is 0 Å². The molecule has 0 aliphatic heterocycles. The quantitative estimate of drug-likeness (QED) is 0.546. The highest BCUT2D eigenvalue weighted by Gasteiger charge is 2.23. The second-order valence-electron chi connectivity index (χ2n) is 4.85. The molecule has 0 N–H and O–H groups in total. The van der Waals surface area contributed by atoms with Crippen molar-refractivity contribution in [1.29, 1.82) is 0 Å². The van der Waals surface area contributed by atoms with E-state index in [-0.39, 0.29) is 5.78 Å². The smallest absolute Gasteiger partial charge is 0.308 e. The molecule has 2 heterocycles. The Morgan fingerprint density at radius 1 is 1.09 bits per heavy atom. The number of fused-ring (bicyclic) bond motifs is 1. The van der Waals surface area contributed by atoms with Crippen molar-refractivity contribution >= 4 is 33.3 Å². The number of rotatable bonds is 3. The molecule has 0 saturated carbocycles. The van der Waals surface area contributed by atoms with Crippen LogP contribution in [-0.4, -0.2) is 16.7 Å². The van der Waals surface area contributed by atoms with Crippen LogP contribution in [0.25, 0.3) is 10.2 Å². The maximum atomic E-state index is 12.7. The fourth-order valence-electron chi connectivity index (χ4n) is 2.16. The van der Waals surface area contributed by atoms with Crippen LogP contribution in [0.15, 0.2) is 42.5 Å². The van der Waals surface area contributed by atoms with Gasteiger partial charge in [0.25, 0.3) is 0 Å². The highest BCUT2D eigenvalue weighted by atomic mass is 32.1. The van der Waals surface area contributed by atoms with Gasteiger partial charge in [-0.25, -0.2) is 4.98 Å². The number of carbonyl (C=O) groups is 2. The Balaban J connectivity index is 2.19. The van der Waals surface area contributed by atoms with Crippen LogP contribution in [0.3, 0.4) is 0 Å². The number of carbonyl (C=O) groups excluding carboxylic acids is 2. The van der Waals surface area contributed by atoms with Crippen molar-refractivity contribution in [3.63, 3.8) is 0 Å². The molecule has 1 aromatic carbocycles.